The summed E-state index contributed by atoms with van der Waals surface area (Å²) in [6, 6.07) is 8.99. The van der Waals surface area contributed by atoms with Crippen LogP contribution in [0.5, 0.6) is 5.75 Å². The van der Waals surface area contributed by atoms with Gasteiger partial charge in [0.15, 0.2) is 6.61 Å². The van der Waals surface area contributed by atoms with Crippen molar-refractivity contribution in [2.24, 2.45) is 0 Å². The molecule has 0 radical (unpaired) electrons. The zero-order chi connectivity index (χ0) is 12.1. The molecule has 0 aromatic heterocycles. The first-order chi connectivity index (χ1) is 8.31. The molecule has 1 saturated heterocycles. The van der Waals surface area contributed by atoms with Crippen molar-refractivity contribution in [1.29, 1.82) is 5.26 Å². The Hall–Kier alpha value is -2.22. The van der Waals surface area contributed by atoms with Gasteiger partial charge in [-0.3, -0.25) is 4.90 Å². The van der Waals surface area contributed by atoms with Crippen LogP contribution in [0.15, 0.2) is 24.3 Å². The SMILES string of the molecule is N#CCOc1ccc(N2CCCNC2=O)cc1. The lowest BCUT2D eigenvalue weighted by molar-refractivity contribution is 0.243. The van der Waals surface area contributed by atoms with Crippen LogP contribution < -0.4 is 15.0 Å². The molecule has 5 nitrogen and oxygen atoms in total. The van der Waals surface area contributed by atoms with E-state index in [2.05, 4.69) is 5.32 Å². The summed E-state index contributed by atoms with van der Waals surface area (Å²) in [6.07, 6.45) is 0.943. The Kier molecular flexibility index (Phi) is 3.46. The second-order valence-electron chi connectivity index (χ2n) is 3.68. The number of rotatable bonds is 3. The maximum Gasteiger partial charge on any atom is 0.321 e. The summed E-state index contributed by atoms with van der Waals surface area (Å²) in [7, 11) is 0. The molecule has 1 aromatic rings. The van der Waals surface area contributed by atoms with Gasteiger partial charge in [-0.1, -0.05) is 0 Å². The molecule has 0 atom stereocenters. The average Bonchev–Trinajstić information content (AvgIpc) is 2.38. The number of benzene rings is 1. The molecule has 2 amide bonds. The maximum atomic E-state index is 11.6. The molecule has 1 aliphatic heterocycles. The summed E-state index contributed by atoms with van der Waals surface area (Å²) in [5, 5.41) is 11.2. The van der Waals surface area contributed by atoms with Crippen LogP contribution in [0.1, 0.15) is 6.42 Å². The number of nitriles is 1. The topological polar surface area (TPSA) is 65.4 Å². The first-order valence-corrected chi connectivity index (χ1v) is 5.46. The second-order valence-corrected chi connectivity index (χ2v) is 3.68. The number of nitrogens with one attached hydrogen (secondary N) is 1. The number of carbonyl (C=O) groups is 1. The fourth-order valence-electron chi connectivity index (χ4n) is 1.71. The molecule has 1 N–H and O–H groups in total. The zero-order valence-corrected chi connectivity index (χ0v) is 9.35. The zero-order valence-electron chi connectivity index (χ0n) is 9.35. The molecule has 0 unspecified atom stereocenters. The normalized spacial score (nSPS) is 15.0. The smallest absolute Gasteiger partial charge is 0.321 e. The fourth-order valence-corrected chi connectivity index (χ4v) is 1.71. The summed E-state index contributed by atoms with van der Waals surface area (Å²) in [5.74, 6) is 0.632. The van der Waals surface area contributed by atoms with Gasteiger partial charge in [0.05, 0.1) is 0 Å². The Balaban J connectivity index is 2.06. The maximum absolute atomic E-state index is 11.6. The highest BCUT2D eigenvalue weighted by Gasteiger charge is 2.18. The van der Waals surface area contributed by atoms with Gasteiger partial charge in [0.2, 0.25) is 0 Å². The van der Waals surface area contributed by atoms with Crippen molar-refractivity contribution in [3.63, 3.8) is 0 Å². The molecule has 0 saturated carbocycles. The lowest BCUT2D eigenvalue weighted by Crippen LogP contribution is -2.46. The Morgan fingerprint density at radius 3 is 2.82 bits per heavy atom. The van der Waals surface area contributed by atoms with Crippen LogP contribution >= 0.6 is 0 Å². The third-order valence-corrected chi connectivity index (χ3v) is 2.53. The summed E-state index contributed by atoms with van der Waals surface area (Å²) in [5.41, 5.74) is 0.839. The van der Waals surface area contributed by atoms with E-state index in [4.69, 9.17) is 10.00 Å². The van der Waals surface area contributed by atoms with Crippen LogP contribution in [0.3, 0.4) is 0 Å². The van der Waals surface area contributed by atoms with Crippen LogP contribution in [-0.4, -0.2) is 25.7 Å². The number of anilines is 1. The van der Waals surface area contributed by atoms with Gasteiger partial charge in [-0.2, -0.15) is 5.26 Å². The number of nitrogens with zero attached hydrogens (tertiary/aromatic N) is 2. The molecule has 0 aliphatic carbocycles. The third-order valence-electron chi connectivity index (χ3n) is 2.53. The minimum absolute atomic E-state index is 0.0313. The summed E-state index contributed by atoms with van der Waals surface area (Å²) in [4.78, 5) is 13.3. The van der Waals surface area contributed by atoms with E-state index < -0.39 is 0 Å². The van der Waals surface area contributed by atoms with Crippen LogP contribution in [0.25, 0.3) is 0 Å². The van der Waals surface area contributed by atoms with E-state index in [9.17, 15) is 4.79 Å². The van der Waals surface area contributed by atoms with Gasteiger partial charge in [-0.05, 0) is 30.7 Å². The van der Waals surface area contributed by atoms with Crippen LogP contribution in [0.2, 0.25) is 0 Å². The molecular formula is C12H13N3O2. The molecule has 1 aliphatic rings. The molecular weight excluding hydrogens is 218 g/mol. The van der Waals surface area contributed by atoms with Crippen molar-refractivity contribution in [3.05, 3.63) is 24.3 Å². The Bertz CT molecular complexity index is 436. The molecule has 1 heterocycles. The molecule has 0 spiro atoms. The summed E-state index contributed by atoms with van der Waals surface area (Å²) < 4.78 is 5.14. The lowest BCUT2D eigenvalue weighted by Gasteiger charge is -2.27. The molecule has 1 aromatic carbocycles. The van der Waals surface area contributed by atoms with E-state index in [1.165, 1.54) is 0 Å². The molecule has 0 bridgehead atoms. The van der Waals surface area contributed by atoms with Crippen LogP contribution in [0.4, 0.5) is 10.5 Å². The first kappa shape index (κ1) is 11.3. The summed E-state index contributed by atoms with van der Waals surface area (Å²) in [6.45, 7) is 1.49. The van der Waals surface area contributed by atoms with Crippen molar-refractivity contribution in [2.45, 2.75) is 6.42 Å². The molecule has 2 rings (SSSR count). The highest BCUT2D eigenvalue weighted by Crippen LogP contribution is 2.20. The van der Waals surface area contributed by atoms with E-state index >= 15 is 0 Å². The van der Waals surface area contributed by atoms with Gasteiger partial charge >= 0.3 is 6.03 Å². The number of carbonyl (C=O) groups excluding carboxylic acids is 1. The van der Waals surface area contributed by atoms with Gasteiger partial charge < -0.3 is 10.1 Å². The largest absolute Gasteiger partial charge is 0.479 e. The molecule has 17 heavy (non-hydrogen) atoms. The number of ether oxygens (including phenoxy) is 1. The predicted octanol–water partition coefficient (Wildman–Crippen LogP) is 1.51. The van der Waals surface area contributed by atoms with Crippen molar-refractivity contribution in [2.75, 3.05) is 24.6 Å². The summed E-state index contributed by atoms with van der Waals surface area (Å²) >= 11 is 0. The number of amides is 2. The van der Waals surface area contributed by atoms with Gasteiger partial charge in [0.25, 0.3) is 0 Å². The van der Waals surface area contributed by atoms with Gasteiger partial charge in [0.1, 0.15) is 11.8 Å². The third kappa shape index (κ3) is 2.67. The van der Waals surface area contributed by atoms with Crippen molar-refractivity contribution >= 4 is 11.7 Å². The van der Waals surface area contributed by atoms with E-state index in [1.807, 2.05) is 18.2 Å². The Morgan fingerprint density at radius 1 is 1.41 bits per heavy atom. The van der Waals surface area contributed by atoms with Crippen LogP contribution in [0, 0.1) is 11.3 Å². The molecule has 88 valence electrons. The van der Waals surface area contributed by atoms with Crippen molar-refractivity contribution in [1.82, 2.24) is 5.32 Å². The Labute approximate surface area is 99.6 Å². The quantitative estimate of drug-likeness (QED) is 0.857. The van der Waals surface area contributed by atoms with Gasteiger partial charge in [0, 0.05) is 18.8 Å². The van der Waals surface area contributed by atoms with Gasteiger partial charge in [-0.25, -0.2) is 4.79 Å². The number of hydrogen-bond donors (Lipinski definition) is 1. The van der Waals surface area contributed by atoms with Gasteiger partial charge in [-0.15, -0.1) is 0 Å². The number of hydrogen-bond acceptors (Lipinski definition) is 3. The fraction of sp³-hybridized carbons (Fsp3) is 0.333. The van der Waals surface area contributed by atoms with E-state index in [1.54, 1.807) is 17.0 Å². The molecule has 1 fully saturated rings. The molecule has 5 heteroatoms. The second kappa shape index (κ2) is 5.21. The first-order valence-electron chi connectivity index (χ1n) is 5.46. The van der Waals surface area contributed by atoms with Crippen molar-refractivity contribution in [3.8, 4) is 11.8 Å². The average molecular weight is 231 g/mol. The van der Waals surface area contributed by atoms with E-state index in [0.29, 0.717) is 5.75 Å². The van der Waals surface area contributed by atoms with E-state index in [0.717, 1.165) is 25.2 Å². The van der Waals surface area contributed by atoms with E-state index in [-0.39, 0.29) is 12.6 Å². The predicted molar refractivity (Wildman–Crippen MR) is 62.9 cm³/mol. The Morgan fingerprint density at radius 2 is 2.18 bits per heavy atom. The standard InChI is InChI=1S/C12H13N3O2/c13-6-9-17-11-4-2-10(3-5-11)15-8-1-7-14-12(15)16/h2-5H,1,7-9H2,(H,14,16). The lowest BCUT2D eigenvalue weighted by atomic mass is 10.2. The highest BCUT2D eigenvalue weighted by molar-refractivity contribution is 5.92. The minimum Gasteiger partial charge on any atom is -0.479 e. The van der Waals surface area contributed by atoms with Crippen molar-refractivity contribution < 1.29 is 9.53 Å². The number of urea groups is 1. The van der Waals surface area contributed by atoms with Crippen LogP contribution in [-0.2, 0) is 0 Å². The monoisotopic (exact) mass is 231 g/mol. The minimum atomic E-state index is -0.0676. The highest BCUT2D eigenvalue weighted by atomic mass is 16.5.